The van der Waals surface area contributed by atoms with Crippen LogP contribution in [0.25, 0.3) is 0 Å². The Balaban J connectivity index is 2.84. The average Bonchev–Trinajstić information content (AvgIpc) is 2.28. The SMILES string of the molecule is CCCC(C)N(C)c1ncccc1CCl. The van der Waals surface area contributed by atoms with E-state index in [1.807, 2.05) is 18.3 Å². The Hall–Kier alpha value is -0.760. The molecule has 0 amide bonds. The number of nitrogens with zero attached hydrogens (tertiary/aromatic N) is 2. The van der Waals surface area contributed by atoms with Crippen molar-refractivity contribution in [1.82, 2.24) is 4.98 Å². The standard InChI is InChI=1S/C12H19ClN2/c1-4-6-10(2)15(3)12-11(9-13)7-5-8-14-12/h5,7-8,10H,4,6,9H2,1-3H3. The number of anilines is 1. The fraction of sp³-hybridized carbons (Fsp3) is 0.583. The highest BCUT2D eigenvalue weighted by Gasteiger charge is 2.13. The molecule has 3 heteroatoms. The van der Waals surface area contributed by atoms with E-state index in [4.69, 9.17) is 11.6 Å². The summed E-state index contributed by atoms with van der Waals surface area (Å²) in [5.74, 6) is 1.53. The molecule has 0 aliphatic carbocycles. The highest BCUT2D eigenvalue weighted by molar-refractivity contribution is 6.17. The molecule has 0 saturated heterocycles. The quantitative estimate of drug-likeness (QED) is 0.715. The summed E-state index contributed by atoms with van der Waals surface area (Å²) in [4.78, 5) is 6.60. The van der Waals surface area contributed by atoms with Crippen LogP contribution < -0.4 is 4.90 Å². The van der Waals surface area contributed by atoms with Gasteiger partial charge in [0.15, 0.2) is 0 Å². The number of aromatic nitrogens is 1. The summed E-state index contributed by atoms with van der Waals surface area (Å²) in [5, 5.41) is 0. The first-order chi connectivity index (χ1) is 7.20. The smallest absolute Gasteiger partial charge is 0.132 e. The van der Waals surface area contributed by atoms with E-state index >= 15 is 0 Å². The highest BCUT2D eigenvalue weighted by atomic mass is 35.5. The van der Waals surface area contributed by atoms with Gasteiger partial charge in [0.1, 0.15) is 5.82 Å². The summed E-state index contributed by atoms with van der Waals surface area (Å²) in [6.07, 6.45) is 4.18. The van der Waals surface area contributed by atoms with Gasteiger partial charge in [-0.3, -0.25) is 0 Å². The van der Waals surface area contributed by atoms with Crippen LogP contribution in [0, 0.1) is 0 Å². The summed E-state index contributed by atoms with van der Waals surface area (Å²) >= 11 is 5.89. The minimum absolute atomic E-state index is 0.506. The number of rotatable bonds is 5. The third-order valence-electron chi connectivity index (χ3n) is 2.71. The molecule has 1 rings (SSSR count). The molecule has 0 aliphatic heterocycles. The Morgan fingerprint density at radius 1 is 1.53 bits per heavy atom. The van der Waals surface area contributed by atoms with Crippen LogP contribution >= 0.6 is 11.6 Å². The molecule has 1 heterocycles. The van der Waals surface area contributed by atoms with Gasteiger partial charge in [0, 0.05) is 24.8 Å². The minimum atomic E-state index is 0.506. The van der Waals surface area contributed by atoms with Crippen LogP contribution in [-0.2, 0) is 5.88 Å². The van der Waals surface area contributed by atoms with E-state index in [-0.39, 0.29) is 0 Å². The summed E-state index contributed by atoms with van der Waals surface area (Å²) < 4.78 is 0. The van der Waals surface area contributed by atoms with E-state index < -0.39 is 0 Å². The normalized spacial score (nSPS) is 12.5. The van der Waals surface area contributed by atoms with Crippen LogP contribution in [0.1, 0.15) is 32.3 Å². The van der Waals surface area contributed by atoms with Gasteiger partial charge in [0.25, 0.3) is 0 Å². The Morgan fingerprint density at radius 3 is 2.87 bits per heavy atom. The van der Waals surface area contributed by atoms with Crippen molar-refractivity contribution >= 4 is 17.4 Å². The van der Waals surface area contributed by atoms with E-state index in [9.17, 15) is 0 Å². The lowest BCUT2D eigenvalue weighted by Gasteiger charge is -2.27. The highest BCUT2D eigenvalue weighted by Crippen LogP contribution is 2.20. The third-order valence-corrected chi connectivity index (χ3v) is 3.00. The second-order valence-corrected chi connectivity index (χ2v) is 4.14. The summed E-state index contributed by atoms with van der Waals surface area (Å²) in [6.45, 7) is 4.42. The first-order valence-corrected chi connectivity index (χ1v) is 5.96. The minimum Gasteiger partial charge on any atom is -0.357 e. The van der Waals surface area contributed by atoms with Crippen LogP contribution in [0.3, 0.4) is 0 Å². The Bertz CT molecular complexity index is 301. The second kappa shape index (κ2) is 5.96. The maximum atomic E-state index is 5.89. The lowest BCUT2D eigenvalue weighted by Crippen LogP contribution is -2.30. The lowest BCUT2D eigenvalue weighted by molar-refractivity contribution is 0.610. The van der Waals surface area contributed by atoms with E-state index in [1.165, 1.54) is 12.8 Å². The number of hydrogen-bond donors (Lipinski definition) is 0. The zero-order chi connectivity index (χ0) is 11.3. The average molecular weight is 227 g/mol. The van der Waals surface area contributed by atoms with Crippen LogP contribution in [-0.4, -0.2) is 18.1 Å². The van der Waals surface area contributed by atoms with Gasteiger partial charge in [-0.05, 0) is 19.4 Å². The van der Waals surface area contributed by atoms with Gasteiger partial charge in [-0.15, -0.1) is 11.6 Å². The molecule has 0 bridgehead atoms. The van der Waals surface area contributed by atoms with Gasteiger partial charge in [-0.1, -0.05) is 19.4 Å². The van der Waals surface area contributed by atoms with E-state index in [2.05, 4.69) is 30.8 Å². The molecule has 84 valence electrons. The molecular weight excluding hydrogens is 208 g/mol. The molecule has 1 unspecified atom stereocenters. The fourth-order valence-electron chi connectivity index (χ4n) is 1.67. The Morgan fingerprint density at radius 2 is 2.27 bits per heavy atom. The fourth-order valence-corrected chi connectivity index (χ4v) is 1.88. The predicted octanol–water partition coefficient (Wildman–Crippen LogP) is 3.45. The van der Waals surface area contributed by atoms with Crippen molar-refractivity contribution in [3.8, 4) is 0 Å². The lowest BCUT2D eigenvalue weighted by atomic mass is 10.1. The molecule has 0 N–H and O–H groups in total. The van der Waals surface area contributed by atoms with E-state index in [1.54, 1.807) is 0 Å². The summed E-state index contributed by atoms with van der Waals surface area (Å²) in [5.41, 5.74) is 1.10. The number of halogens is 1. The van der Waals surface area contributed by atoms with Gasteiger partial charge in [0.2, 0.25) is 0 Å². The van der Waals surface area contributed by atoms with Gasteiger partial charge in [-0.2, -0.15) is 0 Å². The van der Waals surface area contributed by atoms with E-state index in [0.29, 0.717) is 11.9 Å². The largest absolute Gasteiger partial charge is 0.357 e. The van der Waals surface area contributed by atoms with Crippen molar-refractivity contribution in [3.05, 3.63) is 23.9 Å². The Labute approximate surface area is 97.3 Å². The van der Waals surface area contributed by atoms with Crippen molar-refractivity contribution in [3.63, 3.8) is 0 Å². The molecule has 0 aromatic carbocycles. The molecule has 1 aromatic rings. The number of pyridine rings is 1. The van der Waals surface area contributed by atoms with Crippen molar-refractivity contribution in [1.29, 1.82) is 0 Å². The molecule has 1 atom stereocenters. The monoisotopic (exact) mass is 226 g/mol. The van der Waals surface area contributed by atoms with Crippen LogP contribution in [0.4, 0.5) is 5.82 Å². The van der Waals surface area contributed by atoms with Gasteiger partial charge in [-0.25, -0.2) is 4.98 Å². The Kier molecular flexibility index (Phi) is 4.89. The van der Waals surface area contributed by atoms with E-state index in [0.717, 1.165) is 11.4 Å². The first kappa shape index (κ1) is 12.3. The van der Waals surface area contributed by atoms with Crippen molar-refractivity contribution < 1.29 is 0 Å². The van der Waals surface area contributed by atoms with Crippen LogP contribution in [0.2, 0.25) is 0 Å². The molecule has 1 aromatic heterocycles. The maximum absolute atomic E-state index is 5.89. The number of alkyl halides is 1. The van der Waals surface area contributed by atoms with Gasteiger partial charge >= 0.3 is 0 Å². The molecule has 0 radical (unpaired) electrons. The third kappa shape index (κ3) is 3.10. The molecule has 0 fully saturated rings. The molecule has 0 aliphatic rings. The molecule has 15 heavy (non-hydrogen) atoms. The second-order valence-electron chi connectivity index (χ2n) is 3.87. The zero-order valence-corrected chi connectivity index (χ0v) is 10.5. The molecular formula is C12H19ClN2. The number of hydrogen-bond acceptors (Lipinski definition) is 2. The maximum Gasteiger partial charge on any atom is 0.132 e. The molecule has 0 spiro atoms. The van der Waals surface area contributed by atoms with Crippen molar-refractivity contribution in [2.75, 3.05) is 11.9 Å². The van der Waals surface area contributed by atoms with Gasteiger partial charge in [0.05, 0.1) is 5.88 Å². The van der Waals surface area contributed by atoms with Crippen molar-refractivity contribution in [2.24, 2.45) is 0 Å². The topological polar surface area (TPSA) is 16.1 Å². The van der Waals surface area contributed by atoms with Crippen LogP contribution in [0.5, 0.6) is 0 Å². The first-order valence-electron chi connectivity index (χ1n) is 5.43. The van der Waals surface area contributed by atoms with Gasteiger partial charge < -0.3 is 4.90 Å². The molecule has 0 saturated carbocycles. The summed E-state index contributed by atoms with van der Waals surface area (Å²) in [7, 11) is 2.08. The van der Waals surface area contributed by atoms with Crippen LogP contribution in [0.15, 0.2) is 18.3 Å². The van der Waals surface area contributed by atoms with Crippen molar-refractivity contribution in [2.45, 2.75) is 38.6 Å². The molecule has 2 nitrogen and oxygen atoms in total. The summed E-state index contributed by atoms with van der Waals surface area (Å²) in [6, 6.07) is 4.47. The zero-order valence-electron chi connectivity index (χ0n) is 9.70. The predicted molar refractivity (Wildman–Crippen MR) is 66.6 cm³/mol.